The molecule has 0 aliphatic carbocycles. The lowest BCUT2D eigenvalue weighted by Gasteiger charge is -2.06. The molecule has 2 aromatic rings. The Labute approximate surface area is 94.7 Å². The van der Waals surface area contributed by atoms with E-state index in [9.17, 15) is 4.79 Å². The normalized spacial score (nSPS) is 10.4. The Hall–Kier alpha value is -1.90. The quantitative estimate of drug-likeness (QED) is 0.734. The highest BCUT2D eigenvalue weighted by Crippen LogP contribution is 2.13. The minimum atomic E-state index is -0.00931. The highest BCUT2D eigenvalue weighted by Gasteiger charge is 2.15. The third-order valence-electron chi connectivity index (χ3n) is 2.67. The molecule has 1 heterocycles. The molecule has 1 aromatic heterocycles. The molecule has 0 fully saturated rings. The van der Waals surface area contributed by atoms with Crippen LogP contribution in [-0.4, -0.2) is 15.3 Å². The van der Waals surface area contributed by atoms with Gasteiger partial charge in [0.25, 0.3) is 0 Å². The first-order valence-corrected chi connectivity index (χ1v) is 5.34. The van der Waals surface area contributed by atoms with Gasteiger partial charge in [-0.05, 0) is 12.0 Å². The molecular formula is C13H14N2O. The van der Waals surface area contributed by atoms with Gasteiger partial charge in [0.1, 0.15) is 0 Å². The fourth-order valence-electron chi connectivity index (χ4n) is 1.75. The van der Waals surface area contributed by atoms with Crippen LogP contribution in [0.1, 0.15) is 28.7 Å². The minimum Gasteiger partial charge on any atom is -0.331 e. The van der Waals surface area contributed by atoms with Gasteiger partial charge in [-0.3, -0.25) is 4.79 Å². The monoisotopic (exact) mass is 214 g/mol. The Balaban J connectivity index is 2.46. The predicted molar refractivity (Wildman–Crippen MR) is 62.5 cm³/mol. The summed E-state index contributed by atoms with van der Waals surface area (Å²) in [5, 5.41) is 0. The molecule has 0 spiro atoms. The maximum atomic E-state index is 12.2. The van der Waals surface area contributed by atoms with Crippen LogP contribution >= 0.6 is 0 Å². The van der Waals surface area contributed by atoms with Crippen LogP contribution in [0.3, 0.4) is 0 Å². The highest BCUT2D eigenvalue weighted by atomic mass is 16.1. The molecule has 3 nitrogen and oxygen atoms in total. The average Bonchev–Trinajstić information content (AvgIpc) is 2.74. The first kappa shape index (κ1) is 10.6. The van der Waals surface area contributed by atoms with Gasteiger partial charge in [0.15, 0.2) is 5.82 Å². The Morgan fingerprint density at radius 1 is 1.38 bits per heavy atom. The number of carbonyl (C=O) groups is 1. The van der Waals surface area contributed by atoms with Crippen LogP contribution in [0.15, 0.2) is 36.7 Å². The summed E-state index contributed by atoms with van der Waals surface area (Å²) in [7, 11) is 1.83. The molecule has 82 valence electrons. The van der Waals surface area contributed by atoms with Crippen molar-refractivity contribution in [1.82, 2.24) is 9.55 Å². The SMILES string of the molecule is CCc1ccccc1C(=O)c1nccn1C. The van der Waals surface area contributed by atoms with Crippen molar-refractivity contribution in [2.75, 3.05) is 0 Å². The van der Waals surface area contributed by atoms with Crippen LogP contribution in [0.5, 0.6) is 0 Å². The van der Waals surface area contributed by atoms with Gasteiger partial charge in [-0.15, -0.1) is 0 Å². The average molecular weight is 214 g/mol. The van der Waals surface area contributed by atoms with Crippen molar-refractivity contribution in [1.29, 1.82) is 0 Å². The van der Waals surface area contributed by atoms with Gasteiger partial charge >= 0.3 is 0 Å². The second kappa shape index (κ2) is 4.31. The van der Waals surface area contributed by atoms with Crippen molar-refractivity contribution >= 4 is 5.78 Å². The number of ketones is 1. The van der Waals surface area contributed by atoms with E-state index >= 15 is 0 Å². The van der Waals surface area contributed by atoms with Crippen LogP contribution in [-0.2, 0) is 13.5 Å². The number of aromatic nitrogens is 2. The van der Waals surface area contributed by atoms with E-state index < -0.39 is 0 Å². The zero-order chi connectivity index (χ0) is 11.5. The van der Waals surface area contributed by atoms with E-state index in [0.29, 0.717) is 5.82 Å². The van der Waals surface area contributed by atoms with Crippen LogP contribution in [0.25, 0.3) is 0 Å². The number of imidazole rings is 1. The number of hydrogen-bond donors (Lipinski definition) is 0. The lowest BCUT2D eigenvalue weighted by molar-refractivity contribution is 0.102. The summed E-state index contributed by atoms with van der Waals surface area (Å²) in [5.74, 6) is 0.478. The molecule has 0 unspecified atom stereocenters. The van der Waals surface area contributed by atoms with E-state index in [1.54, 1.807) is 17.0 Å². The Kier molecular flexibility index (Phi) is 2.86. The molecular weight excluding hydrogens is 200 g/mol. The Morgan fingerprint density at radius 2 is 2.12 bits per heavy atom. The summed E-state index contributed by atoms with van der Waals surface area (Å²) in [6.45, 7) is 2.05. The summed E-state index contributed by atoms with van der Waals surface area (Å²) < 4.78 is 1.74. The maximum absolute atomic E-state index is 12.2. The summed E-state index contributed by atoms with van der Waals surface area (Å²) in [6, 6.07) is 7.68. The lowest BCUT2D eigenvalue weighted by Crippen LogP contribution is -2.10. The molecule has 0 bridgehead atoms. The fourth-order valence-corrected chi connectivity index (χ4v) is 1.75. The molecule has 2 rings (SSSR count). The van der Waals surface area contributed by atoms with Crippen LogP contribution in [0.2, 0.25) is 0 Å². The molecule has 0 N–H and O–H groups in total. The molecule has 0 aliphatic heterocycles. The van der Waals surface area contributed by atoms with Crippen molar-refractivity contribution in [2.24, 2.45) is 7.05 Å². The van der Waals surface area contributed by atoms with Crippen LogP contribution in [0, 0.1) is 0 Å². The first-order valence-electron chi connectivity index (χ1n) is 5.34. The van der Waals surface area contributed by atoms with Crippen molar-refractivity contribution in [3.8, 4) is 0 Å². The van der Waals surface area contributed by atoms with E-state index in [0.717, 1.165) is 17.5 Å². The topological polar surface area (TPSA) is 34.9 Å². The van der Waals surface area contributed by atoms with Gasteiger partial charge < -0.3 is 4.57 Å². The molecule has 0 saturated carbocycles. The smallest absolute Gasteiger partial charge is 0.228 e. The lowest BCUT2D eigenvalue weighted by atomic mass is 10.0. The predicted octanol–water partition coefficient (Wildman–Crippen LogP) is 2.21. The highest BCUT2D eigenvalue weighted by molar-refractivity contribution is 6.07. The van der Waals surface area contributed by atoms with E-state index in [4.69, 9.17) is 0 Å². The van der Waals surface area contributed by atoms with Crippen molar-refractivity contribution in [3.05, 3.63) is 53.6 Å². The second-order valence-electron chi connectivity index (χ2n) is 3.70. The number of hydrogen-bond acceptors (Lipinski definition) is 2. The first-order chi connectivity index (χ1) is 7.74. The third kappa shape index (κ3) is 1.76. The van der Waals surface area contributed by atoms with E-state index in [1.165, 1.54) is 0 Å². The number of rotatable bonds is 3. The largest absolute Gasteiger partial charge is 0.331 e. The zero-order valence-electron chi connectivity index (χ0n) is 9.47. The fraction of sp³-hybridized carbons (Fsp3) is 0.231. The summed E-state index contributed by atoms with van der Waals surface area (Å²) in [6.07, 6.45) is 4.27. The summed E-state index contributed by atoms with van der Waals surface area (Å²) >= 11 is 0. The molecule has 0 atom stereocenters. The number of carbonyl (C=O) groups excluding carboxylic acids is 1. The molecule has 0 radical (unpaired) electrons. The number of aryl methyl sites for hydroxylation is 2. The third-order valence-corrected chi connectivity index (χ3v) is 2.67. The Bertz CT molecular complexity index is 514. The van der Waals surface area contributed by atoms with Gasteiger partial charge in [-0.1, -0.05) is 31.2 Å². The molecule has 0 aliphatic rings. The number of nitrogens with zero attached hydrogens (tertiary/aromatic N) is 2. The standard InChI is InChI=1S/C13H14N2O/c1-3-10-6-4-5-7-11(10)12(16)13-14-8-9-15(13)2/h4-9H,3H2,1-2H3. The number of benzene rings is 1. The van der Waals surface area contributed by atoms with Gasteiger partial charge in [0, 0.05) is 25.0 Å². The van der Waals surface area contributed by atoms with E-state index in [1.807, 2.05) is 38.2 Å². The van der Waals surface area contributed by atoms with Gasteiger partial charge in [-0.25, -0.2) is 4.98 Å². The van der Waals surface area contributed by atoms with Crippen LogP contribution < -0.4 is 0 Å². The molecule has 3 heteroatoms. The van der Waals surface area contributed by atoms with Crippen molar-refractivity contribution in [3.63, 3.8) is 0 Å². The molecule has 0 saturated heterocycles. The van der Waals surface area contributed by atoms with Gasteiger partial charge in [-0.2, -0.15) is 0 Å². The zero-order valence-corrected chi connectivity index (χ0v) is 9.47. The summed E-state index contributed by atoms with van der Waals surface area (Å²) in [5.41, 5.74) is 1.81. The van der Waals surface area contributed by atoms with Crippen molar-refractivity contribution < 1.29 is 4.79 Å². The second-order valence-corrected chi connectivity index (χ2v) is 3.70. The molecule has 1 aromatic carbocycles. The summed E-state index contributed by atoms with van der Waals surface area (Å²) in [4.78, 5) is 16.3. The van der Waals surface area contributed by atoms with E-state index in [-0.39, 0.29) is 5.78 Å². The maximum Gasteiger partial charge on any atom is 0.228 e. The van der Waals surface area contributed by atoms with Gasteiger partial charge in [0.2, 0.25) is 5.78 Å². The van der Waals surface area contributed by atoms with E-state index in [2.05, 4.69) is 4.98 Å². The van der Waals surface area contributed by atoms with Gasteiger partial charge in [0.05, 0.1) is 0 Å². The molecule has 0 amide bonds. The Morgan fingerprint density at radius 3 is 2.75 bits per heavy atom. The molecule has 16 heavy (non-hydrogen) atoms. The van der Waals surface area contributed by atoms with Crippen LogP contribution in [0.4, 0.5) is 0 Å². The minimum absolute atomic E-state index is 0.00931. The van der Waals surface area contributed by atoms with Crippen molar-refractivity contribution in [2.45, 2.75) is 13.3 Å².